The Balaban J connectivity index is 2.02. The van der Waals surface area contributed by atoms with E-state index >= 15 is 0 Å². The van der Waals surface area contributed by atoms with Crippen LogP contribution in [-0.2, 0) is 5.75 Å². The molecule has 0 aliphatic heterocycles. The van der Waals surface area contributed by atoms with Gasteiger partial charge in [0.05, 0.1) is 15.3 Å². The Morgan fingerprint density at radius 2 is 1.76 bits per heavy atom. The molecule has 5 heteroatoms. The van der Waals surface area contributed by atoms with Crippen molar-refractivity contribution in [3.05, 3.63) is 69.7 Å². The molecule has 0 saturated carbocycles. The van der Waals surface area contributed by atoms with Crippen molar-refractivity contribution in [1.29, 1.82) is 0 Å². The van der Waals surface area contributed by atoms with Gasteiger partial charge in [0.2, 0.25) is 0 Å². The van der Waals surface area contributed by atoms with Crippen LogP contribution in [0.4, 0.5) is 0 Å². The average Bonchev–Trinajstić information content (AvgIpc) is 2.52. The van der Waals surface area contributed by atoms with Crippen molar-refractivity contribution in [3.8, 4) is 0 Å². The number of thioether (sulfide) groups is 1. The van der Waals surface area contributed by atoms with Gasteiger partial charge in [-0.2, -0.15) is 0 Å². The van der Waals surface area contributed by atoms with E-state index in [-0.39, 0.29) is 16.9 Å². The van der Waals surface area contributed by atoms with Crippen LogP contribution in [0.3, 0.4) is 0 Å². The molecule has 0 fully saturated rings. The Bertz CT molecular complexity index is 616. The van der Waals surface area contributed by atoms with Gasteiger partial charge in [-0.15, -0.1) is 23.4 Å². The van der Waals surface area contributed by atoms with Gasteiger partial charge in [-0.25, -0.2) is 0 Å². The van der Waals surface area contributed by atoms with E-state index in [2.05, 4.69) is 0 Å². The molecule has 1 nitrogen and oxygen atoms in total. The van der Waals surface area contributed by atoms with Gasteiger partial charge in [0, 0.05) is 17.2 Å². The maximum absolute atomic E-state index is 12.4. The van der Waals surface area contributed by atoms with Crippen LogP contribution < -0.4 is 0 Å². The molecule has 2 aromatic carbocycles. The van der Waals surface area contributed by atoms with Crippen molar-refractivity contribution in [2.45, 2.75) is 11.0 Å². The Labute approximate surface area is 143 Å². The first kappa shape index (κ1) is 16.7. The molecule has 0 radical (unpaired) electrons. The number of alkyl halides is 1. The van der Waals surface area contributed by atoms with Crippen LogP contribution in [0.2, 0.25) is 10.0 Å². The maximum Gasteiger partial charge on any atom is 0.177 e. The largest absolute Gasteiger partial charge is 0.293 e. The third-order valence-electron chi connectivity index (χ3n) is 2.93. The lowest BCUT2D eigenvalue weighted by Gasteiger charge is -2.13. The molecular formula is C16H13Cl3OS. The molecule has 2 rings (SSSR count). The minimum absolute atomic E-state index is 0.0515. The SMILES string of the molecule is O=C(c1ccccc1)C(CCl)SCc1ccc(Cl)c(Cl)c1. The Morgan fingerprint density at radius 1 is 1.05 bits per heavy atom. The van der Waals surface area contributed by atoms with Crippen molar-refractivity contribution < 1.29 is 4.79 Å². The first-order valence-corrected chi connectivity index (χ1v) is 8.66. The predicted molar refractivity (Wildman–Crippen MR) is 93.0 cm³/mol. The summed E-state index contributed by atoms with van der Waals surface area (Å²) in [5.41, 5.74) is 1.70. The Hall–Kier alpha value is -0.670. The molecule has 0 aliphatic carbocycles. The number of hydrogen-bond acceptors (Lipinski definition) is 2. The zero-order chi connectivity index (χ0) is 15.2. The Morgan fingerprint density at radius 3 is 2.38 bits per heavy atom. The number of rotatable bonds is 6. The van der Waals surface area contributed by atoms with E-state index in [1.54, 1.807) is 6.07 Å². The van der Waals surface area contributed by atoms with Gasteiger partial charge in [0.1, 0.15) is 0 Å². The third kappa shape index (κ3) is 4.65. The maximum atomic E-state index is 12.4. The highest BCUT2D eigenvalue weighted by Gasteiger charge is 2.19. The normalized spacial score (nSPS) is 12.1. The highest BCUT2D eigenvalue weighted by atomic mass is 35.5. The summed E-state index contributed by atoms with van der Waals surface area (Å²) in [6.07, 6.45) is 0. The standard InChI is InChI=1S/C16H13Cl3OS/c17-9-15(16(20)12-4-2-1-3-5-12)21-10-11-6-7-13(18)14(19)8-11/h1-8,15H,9-10H2. The first-order valence-electron chi connectivity index (χ1n) is 6.32. The number of halogens is 3. The molecule has 0 aliphatic rings. The fraction of sp³-hybridized carbons (Fsp3) is 0.188. The number of hydrogen-bond donors (Lipinski definition) is 0. The number of carbonyl (C=O) groups is 1. The quantitative estimate of drug-likeness (QED) is 0.485. The molecule has 0 amide bonds. The predicted octanol–water partition coefficient (Wildman–Crippen LogP) is 5.72. The van der Waals surface area contributed by atoms with Crippen molar-refractivity contribution in [3.63, 3.8) is 0 Å². The summed E-state index contributed by atoms with van der Waals surface area (Å²) in [5.74, 6) is 0.989. The lowest BCUT2D eigenvalue weighted by Crippen LogP contribution is -2.19. The van der Waals surface area contributed by atoms with E-state index in [0.717, 1.165) is 5.56 Å². The summed E-state index contributed by atoms with van der Waals surface area (Å²) in [4.78, 5) is 12.4. The van der Waals surface area contributed by atoms with Gasteiger partial charge >= 0.3 is 0 Å². The molecule has 0 aromatic heterocycles. The van der Waals surface area contributed by atoms with Crippen LogP contribution in [0.15, 0.2) is 48.5 Å². The smallest absolute Gasteiger partial charge is 0.177 e. The molecule has 21 heavy (non-hydrogen) atoms. The average molecular weight is 360 g/mol. The molecule has 1 atom stereocenters. The van der Waals surface area contributed by atoms with Crippen molar-refractivity contribution in [2.24, 2.45) is 0 Å². The molecule has 2 aromatic rings. The number of Topliss-reactive ketones (excluding diaryl/α,β-unsaturated/α-hetero) is 1. The summed E-state index contributed by atoms with van der Waals surface area (Å²) < 4.78 is 0. The van der Waals surface area contributed by atoms with Gasteiger partial charge < -0.3 is 0 Å². The topological polar surface area (TPSA) is 17.1 Å². The minimum Gasteiger partial charge on any atom is -0.293 e. The number of carbonyl (C=O) groups excluding carboxylic acids is 1. The van der Waals surface area contributed by atoms with Crippen molar-refractivity contribution in [2.75, 3.05) is 5.88 Å². The zero-order valence-electron chi connectivity index (χ0n) is 11.1. The van der Waals surface area contributed by atoms with Gasteiger partial charge in [0.25, 0.3) is 0 Å². The van der Waals surface area contributed by atoms with E-state index in [1.807, 2.05) is 42.5 Å². The second-order valence-corrected chi connectivity index (χ2v) is 6.75. The highest BCUT2D eigenvalue weighted by Crippen LogP contribution is 2.27. The van der Waals surface area contributed by atoms with E-state index in [0.29, 0.717) is 21.4 Å². The summed E-state index contributed by atoms with van der Waals surface area (Å²) in [6.45, 7) is 0. The lowest BCUT2D eigenvalue weighted by molar-refractivity contribution is 0.0995. The fourth-order valence-electron chi connectivity index (χ4n) is 1.80. The molecule has 110 valence electrons. The van der Waals surface area contributed by atoms with Crippen LogP contribution in [-0.4, -0.2) is 16.9 Å². The summed E-state index contributed by atoms with van der Waals surface area (Å²) in [6, 6.07) is 14.7. The van der Waals surface area contributed by atoms with Gasteiger partial charge in [-0.3, -0.25) is 4.79 Å². The molecule has 0 N–H and O–H groups in total. The van der Waals surface area contributed by atoms with Gasteiger partial charge in [-0.05, 0) is 17.7 Å². The van der Waals surface area contributed by atoms with Gasteiger partial charge in [0.15, 0.2) is 5.78 Å². The highest BCUT2D eigenvalue weighted by molar-refractivity contribution is 8.00. The number of ketones is 1. The molecular weight excluding hydrogens is 347 g/mol. The first-order chi connectivity index (χ1) is 10.1. The van der Waals surface area contributed by atoms with E-state index < -0.39 is 0 Å². The van der Waals surface area contributed by atoms with Crippen LogP contribution in [0.25, 0.3) is 0 Å². The Kier molecular flexibility index (Phi) is 6.43. The van der Waals surface area contributed by atoms with E-state index in [9.17, 15) is 4.79 Å². The van der Waals surface area contributed by atoms with E-state index in [4.69, 9.17) is 34.8 Å². The molecule has 0 heterocycles. The molecule has 1 unspecified atom stereocenters. The fourth-order valence-corrected chi connectivity index (χ4v) is 3.48. The second kappa shape index (κ2) is 8.09. The second-order valence-electron chi connectivity index (χ2n) is 4.43. The van der Waals surface area contributed by atoms with E-state index in [1.165, 1.54) is 11.8 Å². The zero-order valence-corrected chi connectivity index (χ0v) is 14.1. The number of benzene rings is 2. The molecule has 0 spiro atoms. The van der Waals surface area contributed by atoms with Gasteiger partial charge in [-0.1, -0.05) is 59.6 Å². The summed E-state index contributed by atoms with van der Waals surface area (Å²) in [7, 11) is 0. The van der Waals surface area contributed by atoms with Crippen molar-refractivity contribution >= 4 is 52.3 Å². The lowest BCUT2D eigenvalue weighted by atomic mass is 10.1. The summed E-state index contributed by atoms with van der Waals surface area (Å²) in [5, 5.41) is 0.773. The van der Waals surface area contributed by atoms with Crippen LogP contribution in [0.5, 0.6) is 0 Å². The molecule has 0 bridgehead atoms. The van der Waals surface area contributed by atoms with Crippen LogP contribution in [0, 0.1) is 0 Å². The minimum atomic E-state index is -0.275. The van der Waals surface area contributed by atoms with Crippen LogP contribution >= 0.6 is 46.6 Å². The summed E-state index contributed by atoms with van der Waals surface area (Å²) >= 11 is 19.3. The van der Waals surface area contributed by atoms with Crippen LogP contribution in [0.1, 0.15) is 15.9 Å². The van der Waals surface area contributed by atoms with Crippen molar-refractivity contribution in [1.82, 2.24) is 0 Å². The third-order valence-corrected chi connectivity index (χ3v) is 5.44. The monoisotopic (exact) mass is 358 g/mol. The molecule has 0 saturated heterocycles.